The van der Waals surface area contributed by atoms with Gasteiger partial charge in [0.1, 0.15) is 13.2 Å². The van der Waals surface area contributed by atoms with E-state index in [4.69, 9.17) is 14.2 Å². The molecule has 0 heterocycles. The summed E-state index contributed by atoms with van der Waals surface area (Å²) >= 11 is 0. The van der Waals surface area contributed by atoms with Gasteiger partial charge in [-0.15, -0.1) is 0 Å². The van der Waals surface area contributed by atoms with Crippen molar-refractivity contribution in [3.05, 3.63) is 146 Å². The maximum absolute atomic E-state index is 12.9. The standard InChI is InChI=1S/C70H112O6/c1-4-7-10-13-16-19-22-25-28-30-32-34-35-36-38-39-42-45-48-51-54-57-60-63-69(72)75-66-67(65-74-68(71)62-59-56-53-50-47-44-41-27-24-21-18-15-12-9-6-3)76-70(73)64-61-58-55-52-49-46-43-40-37-33-31-29-26-23-20-17-14-11-8-5-2/h7,9-10,12,16,18-19,21,25,27-28,32,34,36,38,41-42,45,47,50-51,54,56,59,67H,4-6,8,11,13-15,17,20,22-24,26,29-31,33,35,37,39-40,43-44,46,48-49,52-53,55,57-58,60-66H2,1-3H3/b10-7-,12-9-,19-16-,21-18-,28-25-,34-32-,38-36-,41-27-,45-42-,50-47-,54-51-,59-56-. The van der Waals surface area contributed by atoms with Crippen molar-refractivity contribution >= 4 is 17.9 Å². The van der Waals surface area contributed by atoms with Gasteiger partial charge in [0.15, 0.2) is 6.10 Å². The lowest BCUT2D eigenvalue weighted by atomic mass is 10.0. The zero-order valence-electron chi connectivity index (χ0n) is 49.0. The van der Waals surface area contributed by atoms with Crippen molar-refractivity contribution in [1.29, 1.82) is 0 Å². The molecule has 428 valence electrons. The lowest BCUT2D eigenvalue weighted by molar-refractivity contribution is -0.166. The molecule has 0 fully saturated rings. The largest absolute Gasteiger partial charge is 0.462 e. The van der Waals surface area contributed by atoms with Crippen LogP contribution < -0.4 is 0 Å². The number of carbonyl (C=O) groups is 3. The molecule has 0 saturated carbocycles. The lowest BCUT2D eigenvalue weighted by Gasteiger charge is -2.18. The molecule has 0 aliphatic rings. The molecule has 1 atom stereocenters. The summed E-state index contributed by atoms with van der Waals surface area (Å²) in [6.45, 7) is 6.28. The highest BCUT2D eigenvalue weighted by molar-refractivity contribution is 5.72. The van der Waals surface area contributed by atoms with E-state index in [-0.39, 0.29) is 38.0 Å². The van der Waals surface area contributed by atoms with E-state index in [0.29, 0.717) is 12.8 Å². The minimum atomic E-state index is -0.847. The van der Waals surface area contributed by atoms with Crippen molar-refractivity contribution in [2.24, 2.45) is 0 Å². The van der Waals surface area contributed by atoms with Crippen molar-refractivity contribution in [3.63, 3.8) is 0 Å². The maximum Gasteiger partial charge on any atom is 0.309 e. The normalized spacial score (nSPS) is 13.1. The Bertz CT molecular complexity index is 1680. The van der Waals surface area contributed by atoms with Crippen molar-refractivity contribution in [2.45, 2.75) is 264 Å². The summed E-state index contributed by atoms with van der Waals surface area (Å²) in [5.74, 6) is -1.13. The number of carbonyl (C=O) groups excluding carboxylic acids is 3. The number of hydrogen-bond acceptors (Lipinski definition) is 6. The molecule has 0 aromatic heterocycles. The number of hydrogen-bond donors (Lipinski definition) is 0. The molecule has 76 heavy (non-hydrogen) atoms. The summed E-state index contributed by atoms with van der Waals surface area (Å²) in [5.41, 5.74) is 0. The molecule has 0 aromatic carbocycles. The molecular weight excluding hydrogens is 937 g/mol. The predicted molar refractivity (Wildman–Crippen MR) is 329 cm³/mol. The van der Waals surface area contributed by atoms with Gasteiger partial charge in [0.2, 0.25) is 0 Å². The Morgan fingerprint density at radius 2 is 0.566 bits per heavy atom. The topological polar surface area (TPSA) is 78.9 Å². The zero-order valence-corrected chi connectivity index (χ0v) is 49.0. The molecular formula is C70H112O6. The third-order valence-electron chi connectivity index (χ3n) is 12.6. The molecule has 0 spiro atoms. The molecule has 0 aliphatic carbocycles. The number of ether oxygens (including phenoxy) is 3. The van der Waals surface area contributed by atoms with Crippen LogP contribution in [0.25, 0.3) is 0 Å². The molecule has 0 amide bonds. The molecule has 1 unspecified atom stereocenters. The number of esters is 3. The summed E-state index contributed by atoms with van der Waals surface area (Å²) in [5, 5.41) is 0. The second-order valence-corrected chi connectivity index (χ2v) is 19.9. The van der Waals surface area contributed by atoms with E-state index in [2.05, 4.69) is 154 Å². The number of rotatable bonds is 54. The fraction of sp³-hybridized carbons (Fsp3) is 0.614. The smallest absolute Gasteiger partial charge is 0.309 e. The molecule has 0 bridgehead atoms. The van der Waals surface area contributed by atoms with Crippen LogP contribution in [0.5, 0.6) is 0 Å². The first-order valence-corrected chi connectivity index (χ1v) is 30.8. The third kappa shape index (κ3) is 60.2. The first-order valence-electron chi connectivity index (χ1n) is 30.8. The van der Waals surface area contributed by atoms with Crippen molar-refractivity contribution in [1.82, 2.24) is 0 Å². The highest BCUT2D eigenvalue weighted by Gasteiger charge is 2.19. The van der Waals surface area contributed by atoms with Crippen LogP contribution in [-0.4, -0.2) is 37.2 Å². The third-order valence-corrected chi connectivity index (χ3v) is 12.6. The molecule has 6 heteroatoms. The quantitative estimate of drug-likeness (QED) is 0.0261. The first kappa shape index (κ1) is 71.3. The lowest BCUT2D eigenvalue weighted by Crippen LogP contribution is -2.30. The van der Waals surface area contributed by atoms with E-state index in [1.54, 1.807) is 6.08 Å². The van der Waals surface area contributed by atoms with E-state index in [1.165, 1.54) is 109 Å². The molecule has 0 radical (unpaired) electrons. The molecule has 0 N–H and O–H groups in total. The van der Waals surface area contributed by atoms with E-state index in [9.17, 15) is 14.4 Å². The van der Waals surface area contributed by atoms with Crippen LogP contribution in [0, 0.1) is 0 Å². The van der Waals surface area contributed by atoms with E-state index < -0.39 is 12.1 Å². The Hall–Kier alpha value is -4.71. The number of allylic oxidation sites excluding steroid dienone is 23. The first-order chi connectivity index (χ1) is 37.5. The average molecular weight is 1050 g/mol. The van der Waals surface area contributed by atoms with Crippen LogP contribution >= 0.6 is 0 Å². The van der Waals surface area contributed by atoms with Gasteiger partial charge in [-0.25, -0.2) is 0 Å². The Morgan fingerprint density at radius 1 is 0.289 bits per heavy atom. The Morgan fingerprint density at radius 3 is 0.908 bits per heavy atom. The minimum Gasteiger partial charge on any atom is -0.462 e. The average Bonchev–Trinajstić information content (AvgIpc) is 3.42. The van der Waals surface area contributed by atoms with Crippen LogP contribution in [-0.2, 0) is 28.6 Å². The van der Waals surface area contributed by atoms with Crippen LogP contribution in [0.1, 0.15) is 258 Å². The van der Waals surface area contributed by atoms with Crippen LogP contribution in [0.15, 0.2) is 146 Å². The van der Waals surface area contributed by atoms with Gasteiger partial charge in [0.05, 0.1) is 6.42 Å². The second-order valence-electron chi connectivity index (χ2n) is 19.9. The van der Waals surface area contributed by atoms with Crippen molar-refractivity contribution < 1.29 is 28.6 Å². The van der Waals surface area contributed by atoms with E-state index in [1.807, 2.05) is 6.08 Å². The molecule has 0 aromatic rings. The van der Waals surface area contributed by atoms with Crippen molar-refractivity contribution in [3.8, 4) is 0 Å². The van der Waals surface area contributed by atoms with Crippen LogP contribution in [0.3, 0.4) is 0 Å². The van der Waals surface area contributed by atoms with Gasteiger partial charge < -0.3 is 14.2 Å². The Balaban J connectivity index is 4.55. The summed E-state index contributed by atoms with van der Waals surface area (Å²) in [7, 11) is 0. The summed E-state index contributed by atoms with van der Waals surface area (Å²) in [6.07, 6.45) is 90.2. The SMILES string of the molecule is CC/C=C\C/C=C\C/C=C\C/C=C\C/C=C\C/C=C\C/C=C\CCCC(=O)OCC(COC(=O)C/C=C\C/C=C\C/C=C\C/C=C\C/C=C\CC)OC(=O)CCCCCCCCCCCCCCCCCCCCCC. The molecule has 0 aliphatic heterocycles. The Kier molecular flexibility index (Phi) is 58.9. The van der Waals surface area contributed by atoms with Gasteiger partial charge in [0.25, 0.3) is 0 Å². The second kappa shape index (κ2) is 62.8. The number of unbranched alkanes of at least 4 members (excludes halogenated alkanes) is 20. The maximum atomic E-state index is 12.9. The fourth-order valence-corrected chi connectivity index (χ4v) is 8.09. The van der Waals surface area contributed by atoms with Gasteiger partial charge in [-0.05, 0) is 96.3 Å². The summed E-state index contributed by atoms with van der Waals surface area (Å²) in [4.78, 5) is 38.2. The molecule has 0 rings (SSSR count). The minimum absolute atomic E-state index is 0.112. The van der Waals surface area contributed by atoms with E-state index in [0.717, 1.165) is 103 Å². The van der Waals surface area contributed by atoms with E-state index >= 15 is 0 Å². The zero-order chi connectivity index (χ0) is 55.0. The van der Waals surface area contributed by atoms with Crippen molar-refractivity contribution in [2.75, 3.05) is 13.2 Å². The predicted octanol–water partition coefficient (Wildman–Crippen LogP) is 21.2. The summed E-state index contributed by atoms with van der Waals surface area (Å²) < 4.78 is 16.7. The Labute approximate surface area is 467 Å². The van der Waals surface area contributed by atoms with Gasteiger partial charge in [-0.3, -0.25) is 14.4 Å². The van der Waals surface area contributed by atoms with Gasteiger partial charge in [0, 0.05) is 12.8 Å². The van der Waals surface area contributed by atoms with Gasteiger partial charge in [-0.2, -0.15) is 0 Å². The highest BCUT2D eigenvalue weighted by Crippen LogP contribution is 2.16. The molecule has 0 saturated heterocycles. The van der Waals surface area contributed by atoms with Crippen LogP contribution in [0.4, 0.5) is 0 Å². The fourth-order valence-electron chi connectivity index (χ4n) is 8.09. The van der Waals surface area contributed by atoms with Gasteiger partial charge in [-0.1, -0.05) is 289 Å². The highest BCUT2D eigenvalue weighted by atomic mass is 16.6. The molecule has 6 nitrogen and oxygen atoms in total. The van der Waals surface area contributed by atoms with Gasteiger partial charge >= 0.3 is 17.9 Å². The monoisotopic (exact) mass is 1050 g/mol. The van der Waals surface area contributed by atoms with Crippen LogP contribution in [0.2, 0.25) is 0 Å². The summed E-state index contributed by atoms with van der Waals surface area (Å²) in [6, 6.07) is 0.